The molecule has 0 aliphatic heterocycles. The summed E-state index contributed by atoms with van der Waals surface area (Å²) >= 11 is 0. The highest BCUT2D eigenvalue weighted by Crippen LogP contribution is 2.49. The van der Waals surface area contributed by atoms with Crippen LogP contribution in [0.4, 0.5) is 4.39 Å². The number of carbonyl (C=O) groups excluding carboxylic acids is 1. The molecule has 1 aliphatic rings. The third-order valence-electron chi connectivity index (χ3n) is 3.13. The zero-order valence-corrected chi connectivity index (χ0v) is 9.74. The first-order valence-electron chi connectivity index (χ1n) is 5.77. The van der Waals surface area contributed by atoms with Gasteiger partial charge in [-0.2, -0.15) is 0 Å². The van der Waals surface area contributed by atoms with E-state index in [1.165, 1.54) is 6.07 Å². The molecule has 92 valence electrons. The second-order valence-electron chi connectivity index (χ2n) is 4.62. The fourth-order valence-corrected chi connectivity index (χ4v) is 2.00. The Hall–Kier alpha value is -1.42. The van der Waals surface area contributed by atoms with Gasteiger partial charge < -0.3 is 10.4 Å². The van der Waals surface area contributed by atoms with Crippen molar-refractivity contribution < 1.29 is 14.3 Å². The molecular weight excluding hydrogens is 221 g/mol. The molecule has 0 heterocycles. The highest BCUT2D eigenvalue weighted by molar-refractivity contribution is 5.91. The predicted octanol–water partition coefficient (Wildman–Crippen LogP) is 1.35. The number of halogens is 1. The molecule has 1 aromatic carbocycles. The van der Waals surface area contributed by atoms with Gasteiger partial charge >= 0.3 is 0 Å². The topological polar surface area (TPSA) is 49.3 Å². The number of hydrogen-bond donors (Lipinski definition) is 2. The Bertz CT molecular complexity index is 427. The van der Waals surface area contributed by atoms with E-state index in [1.807, 2.05) is 0 Å². The van der Waals surface area contributed by atoms with Gasteiger partial charge in [0.2, 0.25) is 5.91 Å². The van der Waals surface area contributed by atoms with E-state index >= 15 is 0 Å². The number of hydrogen-bond acceptors (Lipinski definition) is 2. The molecule has 1 aliphatic carbocycles. The average molecular weight is 237 g/mol. The number of aliphatic hydroxyl groups excluding tert-OH is 1. The van der Waals surface area contributed by atoms with Gasteiger partial charge in [0.15, 0.2) is 0 Å². The van der Waals surface area contributed by atoms with Gasteiger partial charge in [0.25, 0.3) is 0 Å². The molecule has 1 fully saturated rings. The first kappa shape index (κ1) is 12.0. The molecule has 3 nitrogen and oxygen atoms in total. The Morgan fingerprint density at radius 3 is 2.71 bits per heavy atom. The summed E-state index contributed by atoms with van der Waals surface area (Å²) in [5.41, 5.74) is -0.247. The van der Waals surface area contributed by atoms with Crippen LogP contribution in [0.15, 0.2) is 24.3 Å². The average Bonchev–Trinajstić information content (AvgIpc) is 3.07. The molecule has 1 unspecified atom stereocenters. The van der Waals surface area contributed by atoms with Gasteiger partial charge in [-0.15, -0.1) is 0 Å². The van der Waals surface area contributed by atoms with Crippen molar-refractivity contribution in [2.45, 2.75) is 31.3 Å². The van der Waals surface area contributed by atoms with Gasteiger partial charge in [0.05, 0.1) is 11.5 Å². The van der Waals surface area contributed by atoms with Gasteiger partial charge in [-0.05, 0) is 25.8 Å². The van der Waals surface area contributed by atoms with Crippen molar-refractivity contribution in [2.75, 3.05) is 6.54 Å². The summed E-state index contributed by atoms with van der Waals surface area (Å²) in [6, 6.07) is 6.38. The van der Waals surface area contributed by atoms with E-state index in [2.05, 4.69) is 5.32 Å². The fourth-order valence-electron chi connectivity index (χ4n) is 2.00. The van der Waals surface area contributed by atoms with Crippen LogP contribution in [0.1, 0.15) is 25.3 Å². The first-order valence-corrected chi connectivity index (χ1v) is 5.77. The Kier molecular flexibility index (Phi) is 3.15. The standard InChI is InChI=1S/C13H16FNO2/c1-9(16)8-15-12(17)13(6-7-13)10-4-2-3-5-11(10)14/h2-5,9,16H,6-8H2,1H3,(H,15,17). The monoisotopic (exact) mass is 237 g/mol. The Morgan fingerprint density at radius 1 is 1.53 bits per heavy atom. The normalized spacial score (nSPS) is 18.5. The lowest BCUT2D eigenvalue weighted by Gasteiger charge is -2.17. The summed E-state index contributed by atoms with van der Waals surface area (Å²) in [5.74, 6) is -0.527. The highest BCUT2D eigenvalue weighted by atomic mass is 19.1. The molecule has 0 saturated heterocycles. The largest absolute Gasteiger partial charge is 0.392 e. The molecule has 1 aromatic rings. The molecule has 0 bridgehead atoms. The molecule has 0 aromatic heterocycles. The smallest absolute Gasteiger partial charge is 0.230 e. The molecule has 2 N–H and O–H groups in total. The van der Waals surface area contributed by atoms with E-state index in [1.54, 1.807) is 25.1 Å². The predicted molar refractivity (Wildman–Crippen MR) is 62.0 cm³/mol. The van der Waals surface area contributed by atoms with Crippen molar-refractivity contribution >= 4 is 5.91 Å². The number of benzene rings is 1. The quantitative estimate of drug-likeness (QED) is 0.830. The van der Waals surface area contributed by atoms with Crippen molar-refractivity contribution in [1.29, 1.82) is 0 Å². The van der Waals surface area contributed by atoms with Crippen LogP contribution in [0.3, 0.4) is 0 Å². The summed E-state index contributed by atoms with van der Waals surface area (Å²) in [4.78, 5) is 12.0. The number of nitrogens with one attached hydrogen (secondary N) is 1. The lowest BCUT2D eigenvalue weighted by atomic mass is 9.94. The van der Waals surface area contributed by atoms with Crippen LogP contribution in [0.5, 0.6) is 0 Å². The molecule has 1 amide bonds. The van der Waals surface area contributed by atoms with Crippen molar-refractivity contribution in [3.8, 4) is 0 Å². The second kappa shape index (κ2) is 4.45. The van der Waals surface area contributed by atoms with Gasteiger partial charge in [-0.25, -0.2) is 4.39 Å². The highest BCUT2D eigenvalue weighted by Gasteiger charge is 2.52. The van der Waals surface area contributed by atoms with Crippen molar-refractivity contribution in [2.24, 2.45) is 0 Å². The van der Waals surface area contributed by atoms with Crippen LogP contribution in [0.25, 0.3) is 0 Å². The van der Waals surface area contributed by atoms with Crippen LogP contribution >= 0.6 is 0 Å². The minimum atomic E-state index is -0.708. The van der Waals surface area contributed by atoms with Gasteiger partial charge in [-0.3, -0.25) is 4.79 Å². The van der Waals surface area contributed by atoms with Crippen molar-refractivity contribution in [3.05, 3.63) is 35.6 Å². The fraction of sp³-hybridized carbons (Fsp3) is 0.462. The van der Waals surface area contributed by atoms with Crippen molar-refractivity contribution in [1.82, 2.24) is 5.32 Å². The zero-order valence-electron chi connectivity index (χ0n) is 9.74. The van der Waals surface area contributed by atoms with Crippen LogP contribution < -0.4 is 5.32 Å². The SMILES string of the molecule is CC(O)CNC(=O)C1(c2ccccc2F)CC1. The summed E-state index contributed by atoms with van der Waals surface area (Å²) in [7, 11) is 0. The van der Waals surface area contributed by atoms with Gasteiger partial charge in [-0.1, -0.05) is 18.2 Å². The van der Waals surface area contributed by atoms with Crippen molar-refractivity contribution in [3.63, 3.8) is 0 Å². The zero-order chi connectivity index (χ0) is 12.5. The maximum absolute atomic E-state index is 13.7. The lowest BCUT2D eigenvalue weighted by molar-refractivity contribution is -0.124. The third kappa shape index (κ3) is 2.31. The second-order valence-corrected chi connectivity index (χ2v) is 4.62. The maximum atomic E-state index is 13.7. The lowest BCUT2D eigenvalue weighted by Crippen LogP contribution is -2.38. The van der Waals surface area contributed by atoms with Crippen LogP contribution in [0, 0.1) is 5.82 Å². The van der Waals surface area contributed by atoms with E-state index in [0.717, 1.165) is 0 Å². The summed E-state index contributed by atoms with van der Waals surface area (Å²) in [6.45, 7) is 1.80. The van der Waals surface area contributed by atoms with E-state index < -0.39 is 11.5 Å². The molecule has 1 saturated carbocycles. The van der Waals surface area contributed by atoms with Gasteiger partial charge in [0.1, 0.15) is 5.82 Å². The summed E-state index contributed by atoms with van der Waals surface area (Å²) in [6.07, 6.45) is 0.745. The van der Waals surface area contributed by atoms with Gasteiger partial charge in [0, 0.05) is 12.1 Å². The number of rotatable bonds is 4. The van der Waals surface area contributed by atoms with E-state index in [0.29, 0.717) is 18.4 Å². The van der Waals surface area contributed by atoms with Crippen LogP contribution in [-0.2, 0) is 10.2 Å². The molecule has 1 atom stereocenters. The summed E-state index contributed by atoms with van der Waals surface area (Å²) in [5, 5.41) is 11.8. The molecular formula is C13H16FNO2. The summed E-state index contributed by atoms with van der Waals surface area (Å²) < 4.78 is 13.7. The Balaban J connectivity index is 2.15. The van der Waals surface area contributed by atoms with Crippen LogP contribution in [0.2, 0.25) is 0 Å². The van der Waals surface area contributed by atoms with E-state index in [-0.39, 0.29) is 18.3 Å². The Labute approximate surface area is 99.7 Å². The third-order valence-corrected chi connectivity index (χ3v) is 3.13. The number of amides is 1. The minimum absolute atomic E-state index is 0.191. The molecule has 4 heteroatoms. The molecule has 0 spiro atoms. The molecule has 17 heavy (non-hydrogen) atoms. The van der Waals surface area contributed by atoms with E-state index in [9.17, 15) is 9.18 Å². The maximum Gasteiger partial charge on any atom is 0.230 e. The Morgan fingerprint density at radius 2 is 2.18 bits per heavy atom. The number of aliphatic hydroxyl groups is 1. The first-order chi connectivity index (χ1) is 8.06. The molecule has 2 rings (SSSR count). The minimum Gasteiger partial charge on any atom is -0.392 e. The molecule has 0 radical (unpaired) electrons. The van der Waals surface area contributed by atoms with Crippen LogP contribution in [-0.4, -0.2) is 23.7 Å². The number of carbonyl (C=O) groups is 1. The van der Waals surface area contributed by atoms with E-state index in [4.69, 9.17) is 5.11 Å².